The highest BCUT2D eigenvalue weighted by atomic mass is 16.3. The van der Waals surface area contributed by atoms with Crippen LogP contribution in [0.1, 0.15) is 17.6 Å². The van der Waals surface area contributed by atoms with Crippen molar-refractivity contribution in [3.05, 3.63) is 30.1 Å². The number of aliphatic hydroxyl groups excluding tert-OH is 1. The van der Waals surface area contributed by atoms with E-state index in [1.807, 2.05) is 0 Å². The van der Waals surface area contributed by atoms with E-state index in [0.29, 0.717) is 17.9 Å². The molecule has 78 valence electrons. The lowest BCUT2D eigenvalue weighted by Gasteiger charge is -2.05. The number of nitrogens with zero attached hydrogens (tertiary/aromatic N) is 6. The Hall–Kier alpha value is -1.89. The summed E-state index contributed by atoms with van der Waals surface area (Å²) >= 11 is 0. The zero-order valence-electron chi connectivity index (χ0n) is 8.15. The van der Waals surface area contributed by atoms with E-state index in [-0.39, 0.29) is 0 Å². The Morgan fingerprint density at radius 1 is 1.53 bits per heavy atom. The van der Waals surface area contributed by atoms with E-state index in [1.165, 1.54) is 11.1 Å². The fraction of sp³-hybridized carbons (Fsp3) is 0.375. The van der Waals surface area contributed by atoms with Crippen LogP contribution in [0.2, 0.25) is 0 Å². The van der Waals surface area contributed by atoms with Crippen LogP contribution in [0.5, 0.6) is 0 Å². The van der Waals surface area contributed by atoms with E-state index >= 15 is 0 Å². The van der Waals surface area contributed by atoms with Gasteiger partial charge in [-0.1, -0.05) is 0 Å². The van der Waals surface area contributed by atoms with Crippen LogP contribution in [-0.4, -0.2) is 35.3 Å². The summed E-state index contributed by atoms with van der Waals surface area (Å²) in [6, 6.07) is 1.65. The second-order valence-electron chi connectivity index (χ2n) is 3.05. The minimum Gasteiger partial charge on any atom is -0.386 e. The second-order valence-corrected chi connectivity index (χ2v) is 3.05. The lowest BCUT2D eigenvalue weighted by Crippen LogP contribution is -2.05. The zero-order chi connectivity index (χ0) is 10.7. The molecule has 2 rings (SSSR count). The Labute approximate surface area is 85.8 Å². The third-order valence-corrected chi connectivity index (χ3v) is 1.87. The Kier molecular flexibility index (Phi) is 2.64. The van der Waals surface area contributed by atoms with Crippen molar-refractivity contribution in [2.75, 3.05) is 0 Å². The van der Waals surface area contributed by atoms with Gasteiger partial charge >= 0.3 is 0 Å². The van der Waals surface area contributed by atoms with Crippen LogP contribution in [0.25, 0.3) is 0 Å². The quantitative estimate of drug-likeness (QED) is 0.712. The highest BCUT2D eigenvalue weighted by Crippen LogP contribution is 2.11. The van der Waals surface area contributed by atoms with Crippen molar-refractivity contribution in [3.8, 4) is 0 Å². The predicted octanol–water partition coefficient (Wildman–Crippen LogP) is -0.724. The largest absolute Gasteiger partial charge is 0.386 e. The van der Waals surface area contributed by atoms with Gasteiger partial charge in [0.25, 0.3) is 0 Å². The molecule has 0 amide bonds. The fourth-order valence-corrected chi connectivity index (χ4v) is 1.18. The van der Waals surface area contributed by atoms with Crippen molar-refractivity contribution in [3.63, 3.8) is 0 Å². The summed E-state index contributed by atoms with van der Waals surface area (Å²) in [5.74, 6) is 0.489. The average molecular weight is 206 g/mol. The first kappa shape index (κ1) is 9.66. The van der Waals surface area contributed by atoms with Gasteiger partial charge < -0.3 is 5.11 Å². The van der Waals surface area contributed by atoms with Crippen LogP contribution < -0.4 is 0 Å². The molecule has 1 N–H and O–H groups in total. The van der Waals surface area contributed by atoms with E-state index in [2.05, 4.69) is 25.4 Å². The monoisotopic (exact) mass is 206 g/mol. The number of hydrogen-bond acceptors (Lipinski definition) is 6. The molecule has 7 nitrogen and oxygen atoms in total. The van der Waals surface area contributed by atoms with Gasteiger partial charge in [0.05, 0.1) is 12.7 Å². The van der Waals surface area contributed by atoms with Gasteiger partial charge in [-0.25, -0.2) is 9.97 Å². The van der Waals surface area contributed by atoms with Crippen molar-refractivity contribution in [1.82, 2.24) is 30.2 Å². The molecule has 1 atom stereocenters. The smallest absolute Gasteiger partial charge is 0.177 e. The molecular formula is C8H10N6O. The van der Waals surface area contributed by atoms with Crippen LogP contribution in [0.3, 0.4) is 0 Å². The number of tetrazole rings is 1. The van der Waals surface area contributed by atoms with Gasteiger partial charge in [0.1, 0.15) is 12.4 Å². The summed E-state index contributed by atoms with van der Waals surface area (Å²) in [5.41, 5.74) is 0.553. The third kappa shape index (κ3) is 2.32. The Morgan fingerprint density at radius 2 is 2.40 bits per heavy atom. The molecule has 0 radical (unpaired) electrons. The van der Waals surface area contributed by atoms with Gasteiger partial charge in [0.15, 0.2) is 5.82 Å². The summed E-state index contributed by atoms with van der Waals surface area (Å²) in [4.78, 5) is 9.06. The molecule has 0 aliphatic carbocycles. The first-order valence-electron chi connectivity index (χ1n) is 4.42. The van der Waals surface area contributed by atoms with E-state index in [1.54, 1.807) is 19.3 Å². The van der Waals surface area contributed by atoms with E-state index in [0.717, 1.165) is 0 Å². The topological polar surface area (TPSA) is 89.6 Å². The van der Waals surface area contributed by atoms with Crippen molar-refractivity contribution in [2.45, 2.75) is 12.5 Å². The lowest BCUT2D eigenvalue weighted by molar-refractivity contribution is 0.170. The predicted molar refractivity (Wildman–Crippen MR) is 49.5 cm³/mol. The van der Waals surface area contributed by atoms with Gasteiger partial charge in [-0.15, -0.1) is 10.2 Å². The van der Waals surface area contributed by atoms with Crippen molar-refractivity contribution >= 4 is 0 Å². The Morgan fingerprint density at radius 3 is 3.00 bits per heavy atom. The third-order valence-electron chi connectivity index (χ3n) is 1.87. The molecule has 15 heavy (non-hydrogen) atoms. The maximum atomic E-state index is 9.78. The van der Waals surface area contributed by atoms with Crippen molar-refractivity contribution in [2.24, 2.45) is 7.05 Å². The molecule has 0 aliphatic rings. The summed E-state index contributed by atoms with van der Waals surface area (Å²) < 4.78 is 0. The van der Waals surface area contributed by atoms with E-state index in [9.17, 15) is 5.11 Å². The van der Waals surface area contributed by atoms with Crippen molar-refractivity contribution in [1.29, 1.82) is 0 Å². The van der Waals surface area contributed by atoms with Gasteiger partial charge in [0.2, 0.25) is 0 Å². The van der Waals surface area contributed by atoms with Crippen LogP contribution in [0, 0.1) is 0 Å². The molecule has 7 heteroatoms. The Balaban J connectivity index is 2.07. The number of aryl methyl sites for hydroxylation is 1. The maximum absolute atomic E-state index is 9.78. The number of hydrogen-bond donors (Lipinski definition) is 1. The molecule has 2 heterocycles. The van der Waals surface area contributed by atoms with E-state index < -0.39 is 6.10 Å². The van der Waals surface area contributed by atoms with Crippen LogP contribution in [0.4, 0.5) is 0 Å². The zero-order valence-corrected chi connectivity index (χ0v) is 8.15. The molecular weight excluding hydrogens is 196 g/mol. The number of aliphatic hydroxyl groups is 1. The maximum Gasteiger partial charge on any atom is 0.177 e. The minimum absolute atomic E-state index is 0.296. The fourth-order valence-electron chi connectivity index (χ4n) is 1.18. The number of aromatic nitrogens is 6. The number of rotatable bonds is 3. The van der Waals surface area contributed by atoms with Crippen LogP contribution in [0.15, 0.2) is 18.6 Å². The van der Waals surface area contributed by atoms with Gasteiger partial charge in [-0.05, 0) is 11.3 Å². The van der Waals surface area contributed by atoms with Crippen molar-refractivity contribution < 1.29 is 5.11 Å². The highest BCUT2D eigenvalue weighted by Gasteiger charge is 2.12. The molecule has 0 spiro atoms. The molecule has 0 aromatic carbocycles. The SMILES string of the molecule is Cn1nnc(CC(O)c2ccncn2)n1. The lowest BCUT2D eigenvalue weighted by atomic mass is 10.2. The molecule has 2 aromatic rings. The molecule has 0 fully saturated rings. The standard InChI is InChI=1S/C8H10N6O/c1-14-12-8(11-13-14)4-7(15)6-2-3-9-5-10-6/h2-3,5,7,15H,4H2,1H3. The second kappa shape index (κ2) is 4.09. The molecule has 0 aliphatic heterocycles. The van der Waals surface area contributed by atoms with E-state index in [4.69, 9.17) is 0 Å². The van der Waals surface area contributed by atoms with Gasteiger partial charge in [-0.2, -0.15) is 4.80 Å². The van der Waals surface area contributed by atoms with Crippen LogP contribution in [-0.2, 0) is 13.5 Å². The minimum atomic E-state index is -0.725. The molecule has 0 saturated heterocycles. The summed E-state index contributed by atoms with van der Waals surface area (Å²) in [5, 5.41) is 21.2. The summed E-state index contributed by atoms with van der Waals surface area (Å²) in [6.45, 7) is 0. The normalized spacial score (nSPS) is 12.7. The molecule has 1 unspecified atom stereocenters. The highest BCUT2D eigenvalue weighted by molar-refractivity contribution is 5.04. The first-order valence-corrected chi connectivity index (χ1v) is 4.42. The molecule has 0 bridgehead atoms. The summed E-state index contributed by atoms with van der Waals surface area (Å²) in [7, 11) is 1.67. The Bertz CT molecular complexity index is 428. The first-order chi connectivity index (χ1) is 7.25. The molecule has 0 saturated carbocycles. The average Bonchev–Trinajstić information content (AvgIpc) is 2.65. The summed E-state index contributed by atoms with van der Waals surface area (Å²) in [6.07, 6.45) is 2.54. The molecule has 2 aromatic heterocycles. The van der Waals surface area contributed by atoms with Gasteiger partial charge in [-0.3, -0.25) is 0 Å². The van der Waals surface area contributed by atoms with Crippen LogP contribution >= 0.6 is 0 Å². The van der Waals surface area contributed by atoms with Gasteiger partial charge in [0, 0.05) is 12.6 Å².